The van der Waals surface area contributed by atoms with E-state index in [0.717, 1.165) is 16.5 Å². The van der Waals surface area contributed by atoms with Crippen molar-refractivity contribution in [3.05, 3.63) is 71.9 Å². The Morgan fingerprint density at radius 1 is 1.13 bits per heavy atom. The number of benzene rings is 2. The molecule has 2 N–H and O–H groups in total. The largest absolute Gasteiger partial charge is 0.497 e. The number of aromatic nitrogens is 1. The van der Waals surface area contributed by atoms with E-state index in [1.54, 1.807) is 31.5 Å². The van der Waals surface area contributed by atoms with Gasteiger partial charge in [0.15, 0.2) is 5.54 Å². The molecule has 1 aromatic heterocycles. The van der Waals surface area contributed by atoms with Crippen molar-refractivity contribution in [2.45, 2.75) is 12.1 Å². The molecule has 1 saturated heterocycles. The van der Waals surface area contributed by atoms with Crippen molar-refractivity contribution in [3.8, 4) is 5.75 Å². The first-order valence-corrected chi connectivity index (χ1v) is 9.35. The molecule has 8 nitrogen and oxygen atoms in total. The lowest BCUT2D eigenvalue weighted by Crippen LogP contribution is -2.52. The molecule has 0 spiro atoms. The van der Waals surface area contributed by atoms with Gasteiger partial charge < -0.3 is 15.0 Å². The number of methoxy groups -OCH3 is 1. The number of carbonyl (C=O) groups excluding carboxylic acids is 3. The lowest BCUT2D eigenvalue weighted by atomic mass is 9.88. The number of imide groups is 1. The minimum atomic E-state index is -1.40. The number of rotatable bonds is 7. The number of hydrogen-bond donors (Lipinski definition) is 2. The Hall–Kier alpha value is -3.94. The van der Waals surface area contributed by atoms with E-state index in [2.05, 4.69) is 15.6 Å². The van der Waals surface area contributed by atoms with Gasteiger partial charge in [-0.15, -0.1) is 0 Å². The Morgan fingerprint density at radius 3 is 2.73 bits per heavy atom. The highest BCUT2D eigenvalue weighted by atomic mass is 16.5. The summed E-state index contributed by atoms with van der Waals surface area (Å²) >= 11 is 0. The minimum absolute atomic E-state index is 0.0307. The summed E-state index contributed by atoms with van der Waals surface area (Å²) in [6, 6.07) is 15.7. The fourth-order valence-corrected chi connectivity index (χ4v) is 3.68. The summed E-state index contributed by atoms with van der Waals surface area (Å²) in [5.74, 6) is 0.162. The topological polar surface area (TPSA) is 101 Å². The average Bonchev–Trinajstić information content (AvgIpc) is 3.06. The van der Waals surface area contributed by atoms with Crippen LogP contribution in [-0.4, -0.2) is 41.9 Å². The fourth-order valence-electron chi connectivity index (χ4n) is 3.68. The number of fused-ring (bicyclic) bond motifs is 1. The lowest BCUT2D eigenvalue weighted by Gasteiger charge is -2.31. The maximum atomic E-state index is 12.9. The van der Waals surface area contributed by atoms with Gasteiger partial charge in [0.2, 0.25) is 6.41 Å². The molecule has 30 heavy (non-hydrogen) atoms. The van der Waals surface area contributed by atoms with Gasteiger partial charge in [0.05, 0.1) is 19.2 Å². The van der Waals surface area contributed by atoms with Gasteiger partial charge in [0.25, 0.3) is 5.91 Å². The molecule has 4 amide bonds. The zero-order valence-electron chi connectivity index (χ0n) is 16.3. The van der Waals surface area contributed by atoms with Crippen LogP contribution in [-0.2, 0) is 21.7 Å². The molecule has 1 aliphatic rings. The minimum Gasteiger partial charge on any atom is -0.497 e. The fraction of sp³-hybridized carbons (Fsp3) is 0.182. The number of urea groups is 1. The van der Waals surface area contributed by atoms with Crippen molar-refractivity contribution in [2.75, 3.05) is 13.7 Å². The summed E-state index contributed by atoms with van der Waals surface area (Å²) in [7, 11) is 1.57. The van der Waals surface area contributed by atoms with Crippen LogP contribution in [0, 0.1) is 0 Å². The van der Waals surface area contributed by atoms with Gasteiger partial charge in [-0.1, -0.05) is 24.3 Å². The van der Waals surface area contributed by atoms with Crippen molar-refractivity contribution in [3.63, 3.8) is 0 Å². The molecule has 1 aliphatic heterocycles. The summed E-state index contributed by atoms with van der Waals surface area (Å²) in [5.41, 5.74) is 0.776. The molecule has 2 aromatic carbocycles. The van der Waals surface area contributed by atoms with Crippen LogP contribution in [0.3, 0.4) is 0 Å². The Morgan fingerprint density at radius 2 is 2.00 bits per heavy atom. The van der Waals surface area contributed by atoms with Crippen LogP contribution in [0.1, 0.15) is 11.1 Å². The number of amides is 4. The molecule has 2 heterocycles. The molecular formula is C22H20N4O4. The smallest absolute Gasteiger partial charge is 0.322 e. The van der Waals surface area contributed by atoms with Gasteiger partial charge in [-0.2, -0.15) is 0 Å². The molecule has 0 radical (unpaired) electrons. The van der Waals surface area contributed by atoms with E-state index >= 15 is 0 Å². The number of hydrogen-bond acceptors (Lipinski definition) is 5. The van der Waals surface area contributed by atoms with E-state index in [9.17, 15) is 14.4 Å². The molecule has 0 saturated carbocycles. The summed E-state index contributed by atoms with van der Waals surface area (Å²) in [5, 5.41) is 5.85. The number of ether oxygens (including phenoxy) is 1. The second-order valence-corrected chi connectivity index (χ2v) is 7.09. The van der Waals surface area contributed by atoms with E-state index in [0.29, 0.717) is 17.7 Å². The normalized spacial score (nSPS) is 18.0. The second-order valence-electron chi connectivity index (χ2n) is 7.09. The van der Waals surface area contributed by atoms with Crippen LogP contribution in [0.25, 0.3) is 10.9 Å². The molecule has 152 valence electrons. The van der Waals surface area contributed by atoms with Crippen LogP contribution in [0.5, 0.6) is 5.75 Å². The summed E-state index contributed by atoms with van der Waals surface area (Å²) < 4.78 is 5.23. The molecule has 1 fully saturated rings. The van der Waals surface area contributed by atoms with Crippen molar-refractivity contribution in [2.24, 2.45) is 0 Å². The van der Waals surface area contributed by atoms with E-state index < -0.39 is 17.5 Å². The van der Waals surface area contributed by atoms with E-state index in [-0.39, 0.29) is 13.1 Å². The van der Waals surface area contributed by atoms with Gasteiger partial charge in [0, 0.05) is 18.1 Å². The third-order valence-corrected chi connectivity index (χ3v) is 5.15. The van der Waals surface area contributed by atoms with Crippen LogP contribution in [0.2, 0.25) is 0 Å². The van der Waals surface area contributed by atoms with E-state index in [1.807, 2.05) is 36.4 Å². The lowest BCUT2D eigenvalue weighted by molar-refractivity contribution is -0.127. The molecule has 0 bridgehead atoms. The Kier molecular flexibility index (Phi) is 5.05. The van der Waals surface area contributed by atoms with Gasteiger partial charge in [-0.05, 0) is 41.5 Å². The predicted molar refractivity (Wildman–Crippen MR) is 110 cm³/mol. The Labute approximate surface area is 172 Å². The maximum absolute atomic E-state index is 12.9. The van der Waals surface area contributed by atoms with Gasteiger partial charge >= 0.3 is 6.03 Å². The number of nitrogens with zero attached hydrogens (tertiary/aromatic N) is 2. The molecule has 1 unspecified atom stereocenters. The number of nitrogens with one attached hydrogen (secondary N) is 2. The first kappa shape index (κ1) is 19.4. The zero-order chi connectivity index (χ0) is 21.1. The third kappa shape index (κ3) is 3.55. The highest BCUT2D eigenvalue weighted by Crippen LogP contribution is 2.29. The highest BCUT2D eigenvalue weighted by molar-refractivity contribution is 6.08. The highest BCUT2D eigenvalue weighted by Gasteiger charge is 2.49. The number of carbonyl (C=O) groups is 3. The Bertz CT molecular complexity index is 1130. The van der Waals surface area contributed by atoms with Crippen LogP contribution >= 0.6 is 0 Å². The standard InChI is InChI=1S/C22H20N4O4/c1-30-18-6-2-4-15(10-18)12-26(14-27)13-22(20(28)24-21(29)25-22)17-7-8-19-16(11-17)5-3-9-23-19/h2-11,14H,12-13H2,1H3,(H2,24,25,28,29). The third-order valence-electron chi connectivity index (χ3n) is 5.15. The zero-order valence-corrected chi connectivity index (χ0v) is 16.3. The SMILES string of the molecule is COc1cccc(CN(C=O)CC2(c3ccc4ncccc4c3)NC(=O)NC2=O)c1. The van der Waals surface area contributed by atoms with Crippen molar-refractivity contribution >= 4 is 29.3 Å². The van der Waals surface area contributed by atoms with Gasteiger partial charge in [-0.25, -0.2) is 4.79 Å². The molecule has 3 aromatic rings. The summed E-state index contributed by atoms with van der Waals surface area (Å²) in [6.45, 7) is 0.220. The quantitative estimate of drug-likeness (QED) is 0.463. The van der Waals surface area contributed by atoms with Crippen LogP contribution in [0.4, 0.5) is 4.79 Å². The second kappa shape index (κ2) is 7.82. The van der Waals surface area contributed by atoms with Crippen molar-refractivity contribution < 1.29 is 19.1 Å². The molecule has 0 aliphatic carbocycles. The van der Waals surface area contributed by atoms with E-state index in [1.165, 1.54) is 4.90 Å². The predicted octanol–water partition coefficient (Wildman–Crippen LogP) is 1.94. The maximum Gasteiger partial charge on any atom is 0.322 e. The van der Waals surface area contributed by atoms with Crippen molar-refractivity contribution in [1.29, 1.82) is 0 Å². The van der Waals surface area contributed by atoms with Crippen LogP contribution < -0.4 is 15.4 Å². The van der Waals surface area contributed by atoms with Crippen molar-refractivity contribution in [1.82, 2.24) is 20.5 Å². The molecule has 4 rings (SSSR count). The summed E-state index contributed by atoms with van der Waals surface area (Å²) in [6.07, 6.45) is 2.35. The summed E-state index contributed by atoms with van der Waals surface area (Å²) in [4.78, 5) is 42.5. The molecule has 8 heteroatoms. The monoisotopic (exact) mass is 404 g/mol. The van der Waals surface area contributed by atoms with Gasteiger partial charge in [0.1, 0.15) is 5.75 Å². The molecule has 1 atom stereocenters. The van der Waals surface area contributed by atoms with E-state index in [4.69, 9.17) is 4.74 Å². The van der Waals surface area contributed by atoms with Crippen LogP contribution in [0.15, 0.2) is 60.8 Å². The first-order valence-electron chi connectivity index (χ1n) is 9.35. The average molecular weight is 404 g/mol. The number of pyridine rings is 1. The molecular weight excluding hydrogens is 384 g/mol. The van der Waals surface area contributed by atoms with Gasteiger partial charge in [-0.3, -0.25) is 19.9 Å². The first-order chi connectivity index (χ1) is 14.5. The Balaban J connectivity index is 1.70.